The molecule has 0 amide bonds. The topological polar surface area (TPSA) is 44.5 Å². The Balaban J connectivity index is 2.18. The largest absolute Gasteiger partial charge is 0.458 e. The van der Waals surface area contributed by atoms with Crippen molar-refractivity contribution in [3.05, 3.63) is 36.3 Å². The van der Waals surface area contributed by atoms with E-state index >= 15 is 0 Å². The van der Waals surface area contributed by atoms with Gasteiger partial charge in [0.25, 0.3) is 0 Å². The fourth-order valence-electron chi connectivity index (χ4n) is 1.18. The van der Waals surface area contributed by atoms with E-state index in [1.165, 1.54) is 0 Å². The standard InChI is InChI=1S/C10H11NO2/c11-6-5-8-7-12-9-3-1-2-4-10(9)13-8/h1-4,7H,5-6,11H2. The Bertz CT molecular complexity index is 333. The zero-order valence-corrected chi connectivity index (χ0v) is 7.19. The van der Waals surface area contributed by atoms with E-state index in [1.54, 1.807) is 6.26 Å². The van der Waals surface area contributed by atoms with Gasteiger partial charge in [-0.05, 0) is 18.7 Å². The lowest BCUT2D eigenvalue weighted by Gasteiger charge is -2.17. The third kappa shape index (κ3) is 1.65. The normalized spacial score (nSPS) is 13.8. The molecule has 1 heterocycles. The molecule has 1 aliphatic rings. The predicted molar refractivity (Wildman–Crippen MR) is 49.5 cm³/mol. The first-order valence-corrected chi connectivity index (χ1v) is 4.23. The van der Waals surface area contributed by atoms with Gasteiger partial charge in [0.1, 0.15) is 12.0 Å². The summed E-state index contributed by atoms with van der Waals surface area (Å²) >= 11 is 0. The molecule has 2 rings (SSSR count). The molecule has 0 aromatic heterocycles. The second kappa shape index (κ2) is 3.49. The van der Waals surface area contributed by atoms with Crippen LogP contribution in [0.5, 0.6) is 11.5 Å². The van der Waals surface area contributed by atoms with Crippen molar-refractivity contribution in [2.24, 2.45) is 5.73 Å². The van der Waals surface area contributed by atoms with Crippen LogP contribution in [0.1, 0.15) is 6.42 Å². The zero-order chi connectivity index (χ0) is 9.10. The Morgan fingerprint density at radius 3 is 2.69 bits per heavy atom. The third-order valence-corrected chi connectivity index (χ3v) is 1.80. The number of hydrogen-bond acceptors (Lipinski definition) is 3. The van der Waals surface area contributed by atoms with Gasteiger partial charge < -0.3 is 15.2 Å². The van der Waals surface area contributed by atoms with E-state index in [4.69, 9.17) is 15.2 Å². The molecule has 13 heavy (non-hydrogen) atoms. The lowest BCUT2D eigenvalue weighted by Crippen LogP contribution is -2.09. The van der Waals surface area contributed by atoms with E-state index in [-0.39, 0.29) is 0 Å². The van der Waals surface area contributed by atoms with Crippen LogP contribution < -0.4 is 15.2 Å². The van der Waals surface area contributed by atoms with Crippen molar-refractivity contribution in [3.8, 4) is 11.5 Å². The van der Waals surface area contributed by atoms with Crippen molar-refractivity contribution in [2.45, 2.75) is 6.42 Å². The molecule has 68 valence electrons. The number of para-hydroxylation sites is 2. The summed E-state index contributed by atoms with van der Waals surface area (Å²) in [6.45, 7) is 0.567. The van der Waals surface area contributed by atoms with E-state index in [0.29, 0.717) is 13.0 Å². The Morgan fingerprint density at radius 1 is 1.15 bits per heavy atom. The van der Waals surface area contributed by atoms with Crippen LogP contribution in [0.2, 0.25) is 0 Å². The van der Waals surface area contributed by atoms with Crippen molar-refractivity contribution < 1.29 is 9.47 Å². The van der Waals surface area contributed by atoms with Gasteiger partial charge in [-0.25, -0.2) is 0 Å². The quantitative estimate of drug-likeness (QED) is 0.747. The van der Waals surface area contributed by atoms with Crippen molar-refractivity contribution in [3.63, 3.8) is 0 Å². The molecule has 1 aromatic rings. The third-order valence-electron chi connectivity index (χ3n) is 1.80. The summed E-state index contributed by atoms with van der Waals surface area (Å²) in [5.74, 6) is 2.29. The van der Waals surface area contributed by atoms with E-state index in [9.17, 15) is 0 Å². The van der Waals surface area contributed by atoms with Crippen LogP contribution in [-0.2, 0) is 0 Å². The fourth-order valence-corrected chi connectivity index (χ4v) is 1.18. The first kappa shape index (κ1) is 8.13. The van der Waals surface area contributed by atoms with Crippen LogP contribution >= 0.6 is 0 Å². The number of benzene rings is 1. The summed E-state index contributed by atoms with van der Waals surface area (Å²) in [5, 5.41) is 0. The summed E-state index contributed by atoms with van der Waals surface area (Å²) in [6, 6.07) is 7.56. The molecule has 0 spiro atoms. The van der Waals surface area contributed by atoms with Crippen molar-refractivity contribution in [1.29, 1.82) is 0 Å². The zero-order valence-electron chi connectivity index (χ0n) is 7.19. The molecule has 0 aliphatic carbocycles. The van der Waals surface area contributed by atoms with Gasteiger partial charge in [0.05, 0.1) is 0 Å². The molecule has 1 aromatic carbocycles. The Labute approximate surface area is 76.8 Å². The summed E-state index contributed by atoms with van der Waals surface area (Å²) < 4.78 is 10.9. The van der Waals surface area contributed by atoms with Crippen LogP contribution in [-0.4, -0.2) is 6.54 Å². The van der Waals surface area contributed by atoms with Crippen molar-refractivity contribution in [1.82, 2.24) is 0 Å². The Morgan fingerprint density at radius 2 is 1.92 bits per heavy atom. The van der Waals surface area contributed by atoms with E-state index in [1.807, 2.05) is 24.3 Å². The average Bonchev–Trinajstić information content (AvgIpc) is 2.18. The number of hydrogen-bond donors (Lipinski definition) is 1. The monoisotopic (exact) mass is 177 g/mol. The predicted octanol–water partition coefficient (Wildman–Crippen LogP) is 1.65. The minimum atomic E-state index is 0.567. The highest BCUT2D eigenvalue weighted by molar-refractivity contribution is 5.42. The second-order valence-electron chi connectivity index (χ2n) is 2.79. The van der Waals surface area contributed by atoms with Crippen molar-refractivity contribution in [2.75, 3.05) is 6.54 Å². The van der Waals surface area contributed by atoms with Gasteiger partial charge in [-0.2, -0.15) is 0 Å². The average molecular weight is 177 g/mol. The molecule has 0 radical (unpaired) electrons. The maximum absolute atomic E-state index is 5.53. The van der Waals surface area contributed by atoms with Gasteiger partial charge in [-0.15, -0.1) is 0 Å². The highest BCUT2D eigenvalue weighted by Gasteiger charge is 2.11. The maximum atomic E-state index is 5.53. The first-order valence-electron chi connectivity index (χ1n) is 4.23. The van der Waals surface area contributed by atoms with Gasteiger partial charge in [-0.1, -0.05) is 12.1 Å². The van der Waals surface area contributed by atoms with E-state index < -0.39 is 0 Å². The fraction of sp³-hybridized carbons (Fsp3) is 0.200. The molecule has 1 aliphatic heterocycles. The molecule has 0 saturated heterocycles. The maximum Gasteiger partial charge on any atom is 0.169 e. The van der Waals surface area contributed by atoms with Crippen molar-refractivity contribution >= 4 is 0 Å². The van der Waals surface area contributed by atoms with Crippen LogP contribution in [0, 0.1) is 0 Å². The van der Waals surface area contributed by atoms with Gasteiger partial charge in [0.2, 0.25) is 0 Å². The molecule has 2 N–H and O–H groups in total. The smallest absolute Gasteiger partial charge is 0.169 e. The molecule has 0 saturated carbocycles. The summed E-state index contributed by atoms with van der Waals surface area (Å²) in [6.07, 6.45) is 2.31. The molecule has 0 unspecified atom stereocenters. The van der Waals surface area contributed by atoms with Crippen LogP contribution in [0.15, 0.2) is 36.3 Å². The highest BCUT2D eigenvalue weighted by Crippen LogP contribution is 2.32. The first-order chi connectivity index (χ1) is 6.40. The number of rotatable bonds is 2. The molecular weight excluding hydrogens is 166 g/mol. The minimum Gasteiger partial charge on any atom is -0.458 e. The second-order valence-corrected chi connectivity index (χ2v) is 2.79. The molecule has 0 atom stereocenters. The molecule has 0 fully saturated rings. The van der Waals surface area contributed by atoms with Gasteiger partial charge >= 0.3 is 0 Å². The van der Waals surface area contributed by atoms with Gasteiger partial charge in [0, 0.05) is 6.42 Å². The Kier molecular flexibility index (Phi) is 2.19. The minimum absolute atomic E-state index is 0.567. The summed E-state index contributed by atoms with van der Waals surface area (Å²) in [4.78, 5) is 0. The summed E-state index contributed by atoms with van der Waals surface area (Å²) in [7, 11) is 0. The number of ether oxygens (including phenoxy) is 2. The highest BCUT2D eigenvalue weighted by atomic mass is 16.6. The van der Waals surface area contributed by atoms with E-state index in [2.05, 4.69) is 0 Å². The number of nitrogens with two attached hydrogens (primary N) is 1. The van der Waals surface area contributed by atoms with Crippen LogP contribution in [0.25, 0.3) is 0 Å². The lowest BCUT2D eigenvalue weighted by atomic mass is 10.3. The van der Waals surface area contributed by atoms with Gasteiger partial charge in [0.15, 0.2) is 11.5 Å². The van der Waals surface area contributed by atoms with E-state index in [0.717, 1.165) is 17.3 Å². The lowest BCUT2D eigenvalue weighted by molar-refractivity contribution is 0.314. The Hall–Kier alpha value is -1.48. The van der Waals surface area contributed by atoms with Crippen LogP contribution in [0.3, 0.4) is 0 Å². The molecule has 3 heteroatoms. The number of fused-ring (bicyclic) bond motifs is 1. The summed E-state index contributed by atoms with van der Waals surface area (Å²) in [5.41, 5.74) is 5.40. The van der Waals surface area contributed by atoms with Crippen LogP contribution in [0.4, 0.5) is 0 Å². The molecule has 3 nitrogen and oxygen atoms in total. The molecule has 0 bridgehead atoms. The molecular formula is C10H11NO2. The van der Waals surface area contributed by atoms with Gasteiger partial charge in [-0.3, -0.25) is 0 Å². The SMILES string of the molecule is NCCC1=COc2ccccc2O1.